The molecule has 2 unspecified atom stereocenters. The maximum atomic E-state index is 13.3. The summed E-state index contributed by atoms with van der Waals surface area (Å²) in [5, 5.41) is 3.72. The fourth-order valence-corrected chi connectivity index (χ4v) is 6.09. The zero-order valence-corrected chi connectivity index (χ0v) is 20.6. The predicted octanol–water partition coefficient (Wildman–Crippen LogP) is 5.95. The van der Waals surface area contributed by atoms with Gasteiger partial charge in [0.2, 0.25) is 5.91 Å². The highest BCUT2D eigenvalue weighted by molar-refractivity contribution is 8.04. The van der Waals surface area contributed by atoms with Crippen molar-refractivity contribution in [1.82, 2.24) is 10.2 Å². The summed E-state index contributed by atoms with van der Waals surface area (Å²) in [5.41, 5.74) is 0.844. The van der Waals surface area contributed by atoms with Crippen LogP contribution in [0.4, 0.5) is 13.2 Å². The molecular weight excluding hydrogens is 497 g/mol. The Hall–Kier alpha value is -2.45. The third-order valence-corrected chi connectivity index (χ3v) is 7.97. The van der Waals surface area contributed by atoms with Gasteiger partial charge in [0, 0.05) is 22.9 Å². The van der Waals surface area contributed by atoms with E-state index in [1.807, 2.05) is 12.1 Å². The van der Waals surface area contributed by atoms with Crippen LogP contribution in [0.2, 0.25) is 5.02 Å². The van der Waals surface area contributed by atoms with Gasteiger partial charge in [0.15, 0.2) is 0 Å². The van der Waals surface area contributed by atoms with Gasteiger partial charge in [-0.2, -0.15) is 13.2 Å². The SMILES string of the molecule is O=C(CN1C(=O)/C(=C\c2ccc(C(F)(F)F)cc2)SC2CCCCC21)NCCc1ccc(Cl)cc1. The quantitative estimate of drug-likeness (QED) is 0.477. The van der Waals surface area contributed by atoms with Crippen molar-refractivity contribution >= 4 is 41.3 Å². The monoisotopic (exact) mass is 522 g/mol. The van der Waals surface area contributed by atoms with Crippen molar-refractivity contribution in [3.63, 3.8) is 0 Å². The highest BCUT2D eigenvalue weighted by atomic mass is 35.5. The first-order valence-corrected chi connectivity index (χ1v) is 12.8. The molecule has 4 nitrogen and oxygen atoms in total. The molecule has 1 heterocycles. The number of fused-ring (bicyclic) bond motifs is 1. The van der Waals surface area contributed by atoms with Crippen LogP contribution in [0, 0.1) is 0 Å². The fourth-order valence-electron chi connectivity index (χ4n) is 4.49. The van der Waals surface area contributed by atoms with Crippen molar-refractivity contribution in [3.8, 4) is 0 Å². The Morgan fingerprint density at radius 2 is 1.77 bits per heavy atom. The van der Waals surface area contributed by atoms with Crippen molar-refractivity contribution in [2.24, 2.45) is 0 Å². The molecule has 9 heteroatoms. The number of rotatable bonds is 6. The number of halogens is 4. The van der Waals surface area contributed by atoms with Gasteiger partial charge in [-0.05, 0) is 60.7 Å². The highest BCUT2D eigenvalue weighted by Crippen LogP contribution is 2.42. The van der Waals surface area contributed by atoms with Gasteiger partial charge in [-0.25, -0.2) is 0 Å². The Labute approximate surface area is 211 Å². The first kappa shape index (κ1) is 25.6. The molecule has 2 aromatic rings. The lowest BCUT2D eigenvalue weighted by Crippen LogP contribution is -2.54. The van der Waals surface area contributed by atoms with E-state index in [1.54, 1.807) is 23.1 Å². The number of hydrogen-bond acceptors (Lipinski definition) is 3. The zero-order valence-electron chi connectivity index (χ0n) is 19.0. The van der Waals surface area contributed by atoms with E-state index in [0.29, 0.717) is 28.5 Å². The summed E-state index contributed by atoms with van der Waals surface area (Å²) in [6.45, 7) is 0.408. The predicted molar refractivity (Wildman–Crippen MR) is 133 cm³/mol. The van der Waals surface area contributed by atoms with Gasteiger partial charge < -0.3 is 10.2 Å². The molecule has 1 N–H and O–H groups in total. The number of amides is 2. The second-order valence-electron chi connectivity index (χ2n) is 8.80. The Kier molecular flexibility index (Phi) is 8.12. The van der Waals surface area contributed by atoms with E-state index in [0.717, 1.165) is 43.4 Å². The van der Waals surface area contributed by atoms with Crippen LogP contribution in [0.3, 0.4) is 0 Å². The van der Waals surface area contributed by atoms with Crippen LogP contribution in [-0.2, 0) is 22.2 Å². The zero-order chi connectivity index (χ0) is 25.0. The van der Waals surface area contributed by atoms with E-state index < -0.39 is 11.7 Å². The lowest BCUT2D eigenvalue weighted by molar-refractivity contribution is -0.137. The van der Waals surface area contributed by atoms with Gasteiger partial charge in [0.25, 0.3) is 5.91 Å². The smallest absolute Gasteiger partial charge is 0.354 e. The Morgan fingerprint density at radius 3 is 2.46 bits per heavy atom. The summed E-state index contributed by atoms with van der Waals surface area (Å²) in [5.74, 6) is -0.469. The molecule has 1 aliphatic heterocycles. The van der Waals surface area contributed by atoms with Crippen LogP contribution in [0.1, 0.15) is 42.4 Å². The molecule has 2 amide bonds. The molecule has 0 spiro atoms. The molecule has 2 atom stereocenters. The van der Waals surface area contributed by atoms with Crippen molar-refractivity contribution in [3.05, 3.63) is 75.1 Å². The summed E-state index contributed by atoms with van der Waals surface area (Å²) in [6.07, 6.45) is 1.70. The number of alkyl halides is 3. The van der Waals surface area contributed by atoms with Gasteiger partial charge in [0.05, 0.1) is 10.5 Å². The molecule has 4 rings (SSSR count). The molecule has 1 aliphatic carbocycles. The van der Waals surface area contributed by atoms with E-state index >= 15 is 0 Å². The average molecular weight is 523 g/mol. The lowest BCUT2D eigenvalue weighted by Gasteiger charge is -2.43. The van der Waals surface area contributed by atoms with Crippen molar-refractivity contribution in [1.29, 1.82) is 0 Å². The molecule has 1 saturated heterocycles. The number of benzene rings is 2. The second-order valence-corrected chi connectivity index (χ2v) is 10.5. The summed E-state index contributed by atoms with van der Waals surface area (Å²) in [7, 11) is 0. The first-order chi connectivity index (χ1) is 16.7. The number of nitrogens with one attached hydrogen (secondary N) is 1. The normalized spacial score (nSPS) is 21.7. The molecule has 2 aromatic carbocycles. The van der Waals surface area contributed by atoms with Crippen LogP contribution in [0.25, 0.3) is 6.08 Å². The highest BCUT2D eigenvalue weighted by Gasteiger charge is 2.41. The maximum Gasteiger partial charge on any atom is 0.416 e. The molecule has 2 fully saturated rings. The summed E-state index contributed by atoms with van der Waals surface area (Å²) < 4.78 is 38.6. The van der Waals surface area contributed by atoms with Crippen LogP contribution >= 0.6 is 23.4 Å². The van der Waals surface area contributed by atoms with Gasteiger partial charge in [-0.3, -0.25) is 9.59 Å². The van der Waals surface area contributed by atoms with Crippen molar-refractivity contribution in [2.45, 2.75) is 49.6 Å². The van der Waals surface area contributed by atoms with Crippen LogP contribution in [0.5, 0.6) is 0 Å². The van der Waals surface area contributed by atoms with Crippen LogP contribution in [-0.4, -0.2) is 41.1 Å². The van der Waals surface area contributed by atoms with E-state index in [4.69, 9.17) is 11.6 Å². The van der Waals surface area contributed by atoms with E-state index in [-0.39, 0.29) is 29.7 Å². The standard InChI is InChI=1S/C26H26ClF3N2O2S/c27-20-11-7-17(8-12-20)13-14-31-24(33)16-32-21-3-1-2-4-22(21)35-23(25(32)34)15-18-5-9-19(10-6-18)26(28,29)30/h5-12,15,21-22H,1-4,13-14,16H2,(H,31,33)/b23-15+. The van der Waals surface area contributed by atoms with Gasteiger partial charge in [0.1, 0.15) is 6.54 Å². The fraction of sp³-hybridized carbons (Fsp3) is 0.385. The second kappa shape index (κ2) is 11.1. The van der Waals surface area contributed by atoms with E-state index in [2.05, 4.69) is 5.32 Å². The summed E-state index contributed by atoms with van der Waals surface area (Å²) in [4.78, 5) is 28.2. The average Bonchev–Trinajstić information content (AvgIpc) is 2.83. The molecule has 35 heavy (non-hydrogen) atoms. The molecule has 1 saturated carbocycles. The maximum absolute atomic E-state index is 13.3. The largest absolute Gasteiger partial charge is 0.416 e. The number of carbonyl (C=O) groups is 2. The third-order valence-electron chi connectivity index (χ3n) is 6.32. The minimum atomic E-state index is -4.41. The first-order valence-electron chi connectivity index (χ1n) is 11.6. The molecule has 0 radical (unpaired) electrons. The van der Waals surface area contributed by atoms with Gasteiger partial charge in [-0.1, -0.05) is 48.7 Å². The summed E-state index contributed by atoms with van der Waals surface area (Å²) >= 11 is 7.38. The van der Waals surface area contributed by atoms with Crippen LogP contribution in [0.15, 0.2) is 53.4 Å². The Bertz CT molecular complexity index is 1090. The van der Waals surface area contributed by atoms with E-state index in [1.165, 1.54) is 23.9 Å². The van der Waals surface area contributed by atoms with Crippen LogP contribution < -0.4 is 5.32 Å². The summed E-state index contributed by atoms with van der Waals surface area (Å²) in [6, 6.07) is 12.2. The van der Waals surface area contributed by atoms with Crippen molar-refractivity contribution in [2.75, 3.05) is 13.1 Å². The number of hydrogen-bond donors (Lipinski definition) is 1. The van der Waals surface area contributed by atoms with Gasteiger partial charge in [-0.15, -0.1) is 11.8 Å². The number of thioether (sulfide) groups is 1. The number of nitrogens with zero attached hydrogens (tertiary/aromatic N) is 1. The molecule has 186 valence electrons. The van der Waals surface area contributed by atoms with Crippen molar-refractivity contribution < 1.29 is 22.8 Å². The topological polar surface area (TPSA) is 49.4 Å². The van der Waals surface area contributed by atoms with Gasteiger partial charge >= 0.3 is 6.18 Å². The lowest BCUT2D eigenvalue weighted by atomic mass is 9.93. The third kappa shape index (κ3) is 6.61. The number of carbonyl (C=O) groups excluding carboxylic acids is 2. The minimum absolute atomic E-state index is 0.0204. The van der Waals surface area contributed by atoms with E-state index in [9.17, 15) is 22.8 Å². The molecular formula is C26H26ClF3N2O2S. The molecule has 0 aromatic heterocycles. The minimum Gasteiger partial charge on any atom is -0.354 e. The Balaban J connectivity index is 1.44. The molecule has 2 aliphatic rings. The Morgan fingerprint density at radius 1 is 1.09 bits per heavy atom. The molecule has 0 bridgehead atoms.